The molecule has 0 heterocycles. The van der Waals surface area contributed by atoms with Crippen LogP contribution in [0.4, 0.5) is 0 Å². The molecule has 3 nitrogen and oxygen atoms in total. The van der Waals surface area contributed by atoms with Gasteiger partial charge in [0.25, 0.3) is 0 Å². The van der Waals surface area contributed by atoms with Crippen LogP contribution in [0.3, 0.4) is 0 Å². The molecular weight excluding hydrogens is 190 g/mol. The van der Waals surface area contributed by atoms with E-state index in [0.29, 0.717) is 13.2 Å². The van der Waals surface area contributed by atoms with Crippen molar-refractivity contribution in [2.75, 3.05) is 20.3 Å². The zero-order chi connectivity index (χ0) is 11.1. The van der Waals surface area contributed by atoms with E-state index >= 15 is 0 Å². The van der Waals surface area contributed by atoms with Crippen LogP contribution in [0.15, 0.2) is 24.3 Å². The summed E-state index contributed by atoms with van der Waals surface area (Å²) >= 11 is 0. The second-order valence-electron chi connectivity index (χ2n) is 3.67. The van der Waals surface area contributed by atoms with E-state index in [9.17, 15) is 0 Å². The van der Waals surface area contributed by atoms with Gasteiger partial charge in [-0.05, 0) is 31.0 Å². The Hall–Kier alpha value is -1.06. The van der Waals surface area contributed by atoms with E-state index in [1.54, 1.807) is 7.11 Å². The molecule has 0 aromatic heterocycles. The Labute approximate surface area is 91.2 Å². The Morgan fingerprint density at radius 2 is 2.20 bits per heavy atom. The number of rotatable bonds is 6. The molecule has 84 valence electrons. The van der Waals surface area contributed by atoms with E-state index in [-0.39, 0.29) is 6.04 Å². The normalized spacial score (nSPS) is 12.5. The first kappa shape index (κ1) is 12.0. The smallest absolute Gasteiger partial charge is 0.119 e. The molecule has 1 unspecified atom stereocenters. The van der Waals surface area contributed by atoms with E-state index in [0.717, 1.165) is 12.2 Å². The molecule has 0 radical (unpaired) electrons. The van der Waals surface area contributed by atoms with Gasteiger partial charge in [-0.2, -0.15) is 0 Å². The Kier molecular flexibility index (Phi) is 5.15. The lowest BCUT2D eigenvalue weighted by atomic mass is 10.2. The van der Waals surface area contributed by atoms with Crippen LogP contribution in [0.1, 0.15) is 12.0 Å². The number of ether oxygens (including phenoxy) is 2. The van der Waals surface area contributed by atoms with Crippen molar-refractivity contribution in [3.05, 3.63) is 29.8 Å². The van der Waals surface area contributed by atoms with Crippen molar-refractivity contribution in [2.24, 2.45) is 5.73 Å². The molecule has 0 bridgehead atoms. The fraction of sp³-hybridized carbons (Fsp3) is 0.500. The Morgan fingerprint density at radius 3 is 2.87 bits per heavy atom. The lowest BCUT2D eigenvalue weighted by Crippen LogP contribution is -2.27. The molecule has 1 aromatic rings. The maximum atomic E-state index is 5.77. The van der Waals surface area contributed by atoms with Gasteiger partial charge in [0.2, 0.25) is 0 Å². The molecule has 0 fully saturated rings. The third-order valence-electron chi connectivity index (χ3n) is 2.13. The number of hydrogen-bond acceptors (Lipinski definition) is 3. The van der Waals surface area contributed by atoms with Crippen LogP contribution in [0.2, 0.25) is 0 Å². The average Bonchev–Trinajstić information content (AvgIpc) is 2.18. The van der Waals surface area contributed by atoms with Crippen LogP contribution in [0.25, 0.3) is 0 Å². The van der Waals surface area contributed by atoms with Gasteiger partial charge in [-0.1, -0.05) is 12.1 Å². The van der Waals surface area contributed by atoms with Gasteiger partial charge in [0.15, 0.2) is 0 Å². The summed E-state index contributed by atoms with van der Waals surface area (Å²) in [6, 6.07) is 8.06. The zero-order valence-corrected chi connectivity index (χ0v) is 9.40. The van der Waals surface area contributed by atoms with Crippen LogP contribution >= 0.6 is 0 Å². The fourth-order valence-corrected chi connectivity index (χ4v) is 1.33. The van der Waals surface area contributed by atoms with Crippen molar-refractivity contribution in [1.82, 2.24) is 0 Å². The molecule has 1 aromatic carbocycles. The summed E-state index contributed by atoms with van der Waals surface area (Å²) in [5, 5.41) is 0. The van der Waals surface area contributed by atoms with Crippen LogP contribution in [-0.4, -0.2) is 26.4 Å². The lowest BCUT2D eigenvalue weighted by Gasteiger charge is -2.11. The highest BCUT2D eigenvalue weighted by Gasteiger charge is 2.01. The van der Waals surface area contributed by atoms with Crippen molar-refractivity contribution < 1.29 is 9.47 Å². The minimum Gasteiger partial charge on any atom is -0.494 e. The molecule has 0 amide bonds. The summed E-state index contributed by atoms with van der Waals surface area (Å²) in [6.45, 7) is 3.26. The highest BCUT2D eigenvalue weighted by molar-refractivity contribution is 5.27. The molecule has 0 aliphatic heterocycles. The molecule has 0 aliphatic rings. The second kappa shape index (κ2) is 6.43. The van der Waals surface area contributed by atoms with E-state index < -0.39 is 0 Å². The van der Waals surface area contributed by atoms with Crippen LogP contribution in [0, 0.1) is 6.92 Å². The minimum atomic E-state index is 0.0554. The average molecular weight is 209 g/mol. The van der Waals surface area contributed by atoms with Gasteiger partial charge in [0, 0.05) is 13.2 Å². The summed E-state index contributed by atoms with van der Waals surface area (Å²) in [7, 11) is 1.65. The summed E-state index contributed by atoms with van der Waals surface area (Å²) in [5.74, 6) is 0.902. The monoisotopic (exact) mass is 209 g/mol. The number of nitrogens with two attached hydrogens (primary N) is 1. The minimum absolute atomic E-state index is 0.0554. The SMILES string of the molecule is COCC(N)CCOc1cccc(C)c1. The predicted molar refractivity (Wildman–Crippen MR) is 61.1 cm³/mol. The molecule has 1 rings (SSSR count). The first-order valence-corrected chi connectivity index (χ1v) is 5.16. The van der Waals surface area contributed by atoms with E-state index in [4.69, 9.17) is 15.2 Å². The number of methoxy groups -OCH3 is 1. The van der Waals surface area contributed by atoms with E-state index in [2.05, 4.69) is 0 Å². The van der Waals surface area contributed by atoms with Gasteiger partial charge < -0.3 is 15.2 Å². The Bertz CT molecular complexity index is 289. The maximum absolute atomic E-state index is 5.77. The number of hydrogen-bond donors (Lipinski definition) is 1. The van der Waals surface area contributed by atoms with Gasteiger partial charge in [-0.25, -0.2) is 0 Å². The van der Waals surface area contributed by atoms with Gasteiger partial charge in [0.1, 0.15) is 5.75 Å². The maximum Gasteiger partial charge on any atom is 0.119 e. The summed E-state index contributed by atoms with van der Waals surface area (Å²) in [6.07, 6.45) is 0.807. The standard InChI is InChI=1S/C12H19NO2/c1-10-4-3-5-12(8-10)15-7-6-11(13)9-14-2/h3-5,8,11H,6-7,9,13H2,1-2H3. The second-order valence-corrected chi connectivity index (χ2v) is 3.67. The van der Waals surface area contributed by atoms with Gasteiger partial charge in [0.05, 0.1) is 13.2 Å². The summed E-state index contributed by atoms with van der Waals surface area (Å²) in [4.78, 5) is 0. The third-order valence-corrected chi connectivity index (χ3v) is 2.13. The molecular formula is C12H19NO2. The molecule has 2 N–H and O–H groups in total. The van der Waals surface area contributed by atoms with Crippen LogP contribution in [0.5, 0.6) is 5.75 Å². The van der Waals surface area contributed by atoms with Gasteiger partial charge in [-0.15, -0.1) is 0 Å². The molecule has 15 heavy (non-hydrogen) atoms. The van der Waals surface area contributed by atoms with Crippen LogP contribution < -0.4 is 10.5 Å². The van der Waals surface area contributed by atoms with E-state index in [1.165, 1.54) is 5.56 Å². The Balaban J connectivity index is 2.25. The molecule has 0 saturated heterocycles. The molecule has 0 aliphatic carbocycles. The van der Waals surface area contributed by atoms with Gasteiger partial charge >= 0.3 is 0 Å². The van der Waals surface area contributed by atoms with Crippen molar-refractivity contribution in [3.63, 3.8) is 0 Å². The zero-order valence-electron chi connectivity index (χ0n) is 9.40. The van der Waals surface area contributed by atoms with E-state index in [1.807, 2.05) is 31.2 Å². The Morgan fingerprint density at radius 1 is 1.40 bits per heavy atom. The molecule has 0 spiro atoms. The summed E-state index contributed by atoms with van der Waals surface area (Å²) in [5.41, 5.74) is 6.98. The highest BCUT2D eigenvalue weighted by atomic mass is 16.5. The van der Waals surface area contributed by atoms with Crippen molar-refractivity contribution in [3.8, 4) is 5.75 Å². The van der Waals surface area contributed by atoms with Crippen molar-refractivity contribution in [2.45, 2.75) is 19.4 Å². The van der Waals surface area contributed by atoms with Crippen molar-refractivity contribution in [1.29, 1.82) is 0 Å². The lowest BCUT2D eigenvalue weighted by molar-refractivity contribution is 0.167. The summed E-state index contributed by atoms with van der Waals surface area (Å²) < 4.78 is 10.5. The van der Waals surface area contributed by atoms with Gasteiger partial charge in [-0.3, -0.25) is 0 Å². The largest absolute Gasteiger partial charge is 0.494 e. The van der Waals surface area contributed by atoms with Crippen molar-refractivity contribution >= 4 is 0 Å². The quantitative estimate of drug-likeness (QED) is 0.776. The van der Waals surface area contributed by atoms with Crippen LogP contribution in [-0.2, 0) is 4.74 Å². The number of benzene rings is 1. The topological polar surface area (TPSA) is 44.5 Å². The number of aryl methyl sites for hydroxylation is 1. The fourth-order valence-electron chi connectivity index (χ4n) is 1.33. The highest BCUT2D eigenvalue weighted by Crippen LogP contribution is 2.12. The first-order valence-electron chi connectivity index (χ1n) is 5.16. The molecule has 0 saturated carbocycles. The third kappa shape index (κ3) is 4.81. The predicted octanol–water partition coefficient (Wildman–Crippen LogP) is 1.74. The first-order chi connectivity index (χ1) is 7.22. The molecule has 3 heteroatoms. The molecule has 1 atom stereocenters.